The number of aromatic nitrogens is 2. The summed E-state index contributed by atoms with van der Waals surface area (Å²) in [6, 6.07) is 19.1. The smallest absolute Gasteiger partial charge is 0.225 e. The van der Waals surface area contributed by atoms with Gasteiger partial charge in [0.15, 0.2) is 0 Å². The third kappa shape index (κ3) is 5.81. The number of carbonyl (C=O) groups is 1. The first-order chi connectivity index (χ1) is 20.4. The zero-order valence-corrected chi connectivity index (χ0v) is 25.3. The molecule has 1 amide bonds. The molecular weight excluding hydrogens is 524 g/mol. The summed E-state index contributed by atoms with van der Waals surface area (Å²) in [4.78, 5) is 23.0. The molecular formula is C35H42N4O3. The quantitative estimate of drug-likeness (QED) is 0.269. The molecule has 0 bridgehead atoms. The molecule has 2 aromatic carbocycles. The zero-order chi connectivity index (χ0) is 29.2. The van der Waals surface area contributed by atoms with Crippen LogP contribution in [0.25, 0.3) is 28.0 Å². The number of fused-ring (bicyclic) bond motifs is 1. The minimum atomic E-state index is 0.0946. The molecule has 6 rings (SSSR count). The Kier molecular flexibility index (Phi) is 8.31. The number of ether oxygens (including phenoxy) is 2. The van der Waals surface area contributed by atoms with E-state index in [0.29, 0.717) is 5.91 Å². The maximum absolute atomic E-state index is 13.4. The van der Waals surface area contributed by atoms with Gasteiger partial charge in [0.05, 0.1) is 24.6 Å². The van der Waals surface area contributed by atoms with Crippen LogP contribution in [-0.4, -0.2) is 71.6 Å². The van der Waals surface area contributed by atoms with Crippen LogP contribution in [0.4, 0.5) is 0 Å². The highest BCUT2D eigenvalue weighted by Gasteiger charge is 2.32. The van der Waals surface area contributed by atoms with Crippen LogP contribution in [0.5, 0.6) is 5.75 Å². The van der Waals surface area contributed by atoms with E-state index in [9.17, 15) is 4.79 Å². The number of hydrogen-bond acceptors (Lipinski definition) is 5. The van der Waals surface area contributed by atoms with E-state index in [1.165, 1.54) is 22.3 Å². The molecule has 42 heavy (non-hydrogen) atoms. The maximum atomic E-state index is 13.4. The van der Waals surface area contributed by atoms with E-state index in [2.05, 4.69) is 76.7 Å². The monoisotopic (exact) mass is 566 g/mol. The Morgan fingerprint density at radius 3 is 2.57 bits per heavy atom. The van der Waals surface area contributed by atoms with Crippen molar-refractivity contribution in [2.45, 2.75) is 52.2 Å². The Balaban J connectivity index is 1.28. The van der Waals surface area contributed by atoms with Crippen LogP contribution in [0.15, 0.2) is 60.8 Å². The van der Waals surface area contributed by atoms with Gasteiger partial charge in [-0.2, -0.15) is 0 Å². The zero-order valence-electron chi connectivity index (χ0n) is 25.3. The predicted octanol–water partition coefficient (Wildman–Crippen LogP) is 6.14. The van der Waals surface area contributed by atoms with Crippen molar-refractivity contribution in [2.24, 2.45) is 5.92 Å². The van der Waals surface area contributed by atoms with Crippen LogP contribution in [0.3, 0.4) is 0 Å². The molecule has 2 aliphatic rings. The molecule has 0 unspecified atom stereocenters. The summed E-state index contributed by atoms with van der Waals surface area (Å²) in [6.45, 7) is 8.25. The van der Waals surface area contributed by atoms with Gasteiger partial charge in [-0.05, 0) is 74.1 Å². The van der Waals surface area contributed by atoms with Crippen molar-refractivity contribution in [3.8, 4) is 28.1 Å². The molecule has 220 valence electrons. The van der Waals surface area contributed by atoms with Gasteiger partial charge in [-0.15, -0.1) is 0 Å². The number of rotatable bonds is 7. The van der Waals surface area contributed by atoms with Gasteiger partial charge in [-0.25, -0.2) is 4.98 Å². The van der Waals surface area contributed by atoms with Crippen molar-refractivity contribution in [1.29, 1.82) is 0 Å². The van der Waals surface area contributed by atoms with E-state index < -0.39 is 0 Å². The van der Waals surface area contributed by atoms with Gasteiger partial charge in [0.1, 0.15) is 11.4 Å². The van der Waals surface area contributed by atoms with E-state index in [0.717, 1.165) is 86.8 Å². The van der Waals surface area contributed by atoms with Gasteiger partial charge in [-0.3, -0.25) is 9.69 Å². The lowest BCUT2D eigenvalue weighted by atomic mass is 9.86. The normalized spacial score (nSPS) is 19.8. The Morgan fingerprint density at radius 2 is 1.79 bits per heavy atom. The third-order valence-electron chi connectivity index (χ3n) is 9.13. The Morgan fingerprint density at radius 1 is 0.952 bits per heavy atom. The fourth-order valence-electron chi connectivity index (χ4n) is 6.63. The first kappa shape index (κ1) is 28.4. The van der Waals surface area contributed by atoms with Crippen molar-refractivity contribution in [3.05, 3.63) is 77.6 Å². The number of carbonyl (C=O) groups excluding carboxylic acids is 1. The number of methoxy groups -OCH3 is 2. The number of nitrogens with zero attached hydrogens (tertiary/aromatic N) is 4. The summed E-state index contributed by atoms with van der Waals surface area (Å²) in [5.74, 6) is 1.22. The highest BCUT2D eigenvalue weighted by Crippen LogP contribution is 2.32. The molecule has 3 heterocycles. The number of benzene rings is 2. The predicted molar refractivity (Wildman–Crippen MR) is 167 cm³/mol. The fourth-order valence-corrected chi connectivity index (χ4v) is 6.63. The molecule has 1 saturated carbocycles. The van der Waals surface area contributed by atoms with Crippen LogP contribution in [-0.2, 0) is 16.1 Å². The van der Waals surface area contributed by atoms with E-state index >= 15 is 0 Å². The highest BCUT2D eigenvalue weighted by atomic mass is 16.5. The van der Waals surface area contributed by atoms with Crippen molar-refractivity contribution < 1.29 is 14.3 Å². The number of amides is 1. The van der Waals surface area contributed by atoms with Crippen molar-refractivity contribution in [2.75, 3.05) is 40.4 Å². The summed E-state index contributed by atoms with van der Waals surface area (Å²) < 4.78 is 13.4. The number of imidazole rings is 1. The first-order valence-electron chi connectivity index (χ1n) is 15.2. The molecule has 7 nitrogen and oxygen atoms in total. The number of aryl methyl sites for hydroxylation is 2. The second-order valence-electron chi connectivity index (χ2n) is 11.9. The van der Waals surface area contributed by atoms with Crippen LogP contribution in [0.1, 0.15) is 42.5 Å². The molecule has 1 saturated heterocycles. The van der Waals surface area contributed by atoms with E-state index in [-0.39, 0.29) is 12.0 Å². The second-order valence-corrected chi connectivity index (χ2v) is 11.9. The minimum Gasteiger partial charge on any atom is -0.497 e. The maximum Gasteiger partial charge on any atom is 0.225 e. The van der Waals surface area contributed by atoms with Gasteiger partial charge in [-0.1, -0.05) is 42.3 Å². The van der Waals surface area contributed by atoms with Gasteiger partial charge in [0.25, 0.3) is 0 Å². The summed E-state index contributed by atoms with van der Waals surface area (Å²) >= 11 is 0. The summed E-state index contributed by atoms with van der Waals surface area (Å²) in [7, 11) is 3.46. The molecule has 1 aliphatic heterocycles. The first-order valence-corrected chi connectivity index (χ1v) is 15.2. The molecule has 1 aliphatic carbocycles. The van der Waals surface area contributed by atoms with Gasteiger partial charge < -0.3 is 18.8 Å². The van der Waals surface area contributed by atoms with Crippen LogP contribution >= 0.6 is 0 Å². The van der Waals surface area contributed by atoms with Gasteiger partial charge >= 0.3 is 0 Å². The molecule has 2 atom stereocenters. The van der Waals surface area contributed by atoms with E-state index in [4.69, 9.17) is 14.5 Å². The third-order valence-corrected chi connectivity index (χ3v) is 9.13. The standard InChI is InChI=1S/C35H42N4O3/c1-24-11-12-25(2)31(19-24)28-13-14-33-36-34(26-7-5-9-29(20-26)41-3)32(39(33)22-28)23-37-15-17-38(18-16-37)35(40)27-8-6-10-30(21-27)42-4/h5,7,9,11-14,19-20,22,27,30H,6,8,10,15-18,21,23H2,1-4H3/t27-,30-/m1/s1. The lowest BCUT2D eigenvalue weighted by molar-refractivity contribution is -0.140. The van der Waals surface area contributed by atoms with Crippen LogP contribution < -0.4 is 4.74 Å². The van der Waals surface area contributed by atoms with E-state index in [1.807, 2.05) is 12.1 Å². The van der Waals surface area contributed by atoms with Crippen LogP contribution in [0.2, 0.25) is 0 Å². The Labute approximate surface area is 249 Å². The number of hydrogen-bond donors (Lipinski definition) is 0. The summed E-state index contributed by atoms with van der Waals surface area (Å²) in [5.41, 5.74) is 9.01. The largest absolute Gasteiger partial charge is 0.497 e. The van der Waals surface area contributed by atoms with Crippen molar-refractivity contribution in [3.63, 3.8) is 0 Å². The minimum absolute atomic E-state index is 0.0946. The molecule has 0 N–H and O–H groups in total. The Hall–Kier alpha value is -3.68. The SMILES string of the molecule is COc1cccc(-c2nc3ccc(-c4cc(C)ccc4C)cn3c2CN2CCN(C(=O)[C@@H]3CCC[C@@H](OC)C3)CC2)c1. The lowest BCUT2D eigenvalue weighted by Crippen LogP contribution is -2.50. The molecule has 0 spiro atoms. The Bertz CT molecular complexity index is 1570. The average Bonchev–Trinajstić information content (AvgIpc) is 3.39. The molecule has 7 heteroatoms. The average molecular weight is 567 g/mol. The lowest BCUT2D eigenvalue weighted by Gasteiger charge is -2.38. The second kappa shape index (κ2) is 12.3. The van der Waals surface area contributed by atoms with Gasteiger partial charge in [0, 0.05) is 57.5 Å². The molecule has 2 fully saturated rings. The molecule has 4 aromatic rings. The topological polar surface area (TPSA) is 59.3 Å². The van der Waals surface area contributed by atoms with Crippen molar-refractivity contribution in [1.82, 2.24) is 19.2 Å². The highest BCUT2D eigenvalue weighted by molar-refractivity contribution is 5.79. The van der Waals surface area contributed by atoms with E-state index in [1.54, 1.807) is 14.2 Å². The summed E-state index contributed by atoms with van der Waals surface area (Å²) in [5, 5.41) is 0. The fraction of sp³-hybridized carbons (Fsp3) is 0.429. The van der Waals surface area contributed by atoms with Crippen LogP contribution in [0, 0.1) is 19.8 Å². The van der Waals surface area contributed by atoms with Crippen molar-refractivity contribution >= 4 is 11.6 Å². The molecule has 0 radical (unpaired) electrons. The van der Waals surface area contributed by atoms with Gasteiger partial charge in [0.2, 0.25) is 5.91 Å². The molecule has 2 aromatic heterocycles. The summed E-state index contributed by atoms with van der Waals surface area (Å²) in [6.07, 6.45) is 6.41. The number of piperazine rings is 1. The number of pyridine rings is 1.